The van der Waals surface area contributed by atoms with Crippen molar-refractivity contribution < 1.29 is 13.2 Å². The van der Waals surface area contributed by atoms with Crippen LogP contribution in [0.3, 0.4) is 0 Å². The van der Waals surface area contributed by atoms with Gasteiger partial charge in [-0.05, 0) is 49.2 Å². The van der Waals surface area contributed by atoms with Crippen molar-refractivity contribution in [3.63, 3.8) is 0 Å². The van der Waals surface area contributed by atoms with Gasteiger partial charge in [-0.3, -0.25) is 4.72 Å². The highest BCUT2D eigenvalue weighted by atomic mass is 32.2. The number of nitrogens with zero attached hydrogens (tertiary/aromatic N) is 2. The van der Waals surface area contributed by atoms with Crippen LogP contribution in [0, 0.1) is 0 Å². The van der Waals surface area contributed by atoms with E-state index in [2.05, 4.69) is 9.62 Å². The van der Waals surface area contributed by atoms with Gasteiger partial charge in [0.2, 0.25) is 0 Å². The van der Waals surface area contributed by atoms with Gasteiger partial charge < -0.3 is 9.64 Å². The predicted molar refractivity (Wildman–Crippen MR) is 119 cm³/mol. The molecule has 1 saturated heterocycles. The van der Waals surface area contributed by atoms with Crippen molar-refractivity contribution in [2.45, 2.75) is 18.9 Å². The number of hydrogen-bond acceptors (Lipinski definition) is 4. The number of nitrogens with one attached hydrogen (secondary N) is 1. The maximum atomic E-state index is 13.0. The van der Waals surface area contributed by atoms with E-state index in [0.717, 1.165) is 35.7 Å². The van der Waals surface area contributed by atoms with Crippen molar-refractivity contribution in [1.82, 2.24) is 4.31 Å². The van der Waals surface area contributed by atoms with Crippen LogP contribution < -0.4 is 14.4 Å². The fourth-order valence-corrected chi connectivity index (χ4v) is 5.50. The van der Waals surface area contributed by atoms with Crippen LogP contribution in [-0.4, -0.2) is 31.9 Å². The largest absolute Gasteiger partial charge is 0.453 e. The summed E-state index contributed by atoms with van der Waals surface area (Å²) in [6.07, 6.45) is 1.70. The number of fused-ring (bicyclic) bond motifs is 2. The molecule has 3 aromatic carbocycles. The van der Waals surface area contributed by atoms with Crippen LogP contribution in [0.15, 0.2) is 78.9 Å². The molecule has 6 nitrogen and oxygen atoms in total. The zero-order valence-corrected chi connectivity index (χ0v) is 17.3. The Morgan fingerprint density at radius 3 is 2.10 bits per heavy atom. The molecule has 30 heavy (non-hydrogen) atoms. The fraction of sp³-hybridized carbons (Fsp3) is 0.217. The molecule has 0 aliphatic carbocycles. The van der Waals surface area contributed by atoms with Crippen LogP contribution in [-0.2, 0) is 10.2 Å². The van der Waals surface area contributed by atoms with E-state index in [4.69, 9.17) is 4.74 Å². The van der Waals surface area contributed by atoms with Crippen molar-refractivity contribution in [3.05, 3.63) is 78.9 Å². The number of ether oxygens (including phenoxy) is 1. The average molecular weight is 422 g/mol. The third-order valence-electron chi connectivity index (χ3n) is 5.55. The first-order valence-electron chi connectivity index (χ1n) is 10.1. The van der Waals surface area contributed by atoms with Crippen molar-refractivity contribution >= 4 is 27.3 Å². The third kappa shape index (κ3) is 3.51. The van der Waals surface area contributed by atoms with Crippen LogP contribution in [0.2, 0.25) is 0 Å². The number of benzene rings is 3. The molecule has 0 saturated carbocycles. The van der Waals surface area contributed by atoms with Gasteiger partial charge in [0.1, 0.15) is 0 Å². The Hall–Kier alpha value is -3.03. The molecule has 2 aliphatic rings. The molecule has 7 heteroatoms. The summed E-state index contributed by atoms with van der Waals surface area (Å²) in [5, 5.41) is 0. The van der Waals surface area contributed by atoms with Crippen LogP contribution in [0.25, 0.3) is 0 Å². The first kappa shape index (κ1) is 19.0. The van der Waals surface area contributed by atoms with Crippen molar-refractivity contribution in [1.29, 1.82) is 0 Å². The van der Waals surface area contributed by atoms with E-state index in [0.29, 0.717) is 18.8 Å². The highest BCUT2D eigenvalue weighted by Gasteiger charge is 2.36. The maximum absolute atomic E-state index is 13.0. The summed E-state index contributed by atoms with van der Waals surface area (Å²) in [7, 11) is -3.64. The first-order valence-corrected chi connectivity index (χ1v) is 11.5. The number of anilines is 3. The molecular formula is C23H23N3O3S. The maximum Gasteiger partial charge on any atom is 0.301 e. The Morgan fingerprint density at radius 1 is 0.833 bits per heavy atom. The lowest BCUT2D eigenvalue weighted by Crippen LogP contribution is -2.50. The molecule has 2 heterocycles. The average Bonchev–Trinajstić information content (AvgIpc) is 2.78. The number of para-hydroxylation sites is 5. The van der Waals surface area contributed by atoms with Crippen LogP contribution >= 0.6 is 0 Å². The van der Waals surface area contributed by atoms with Gasteiger partial charge in [0.25, 0.3) is 0 Å². The summed E-state index contributed by atoms with van der Waals surface area (Å²) in [4.78, 5) is 2.23. The highest BCUT2D eigenvalue weighted by molar-refractivity contribution is 7.90. The Morgan fingerprint density at radius 2 is 1.43 bits per heavy atom. The van der Waals surface area contributed by atoms with E-state index >= 15 is 0 Å². The molecule has 0 unspecified atom stereocenters. The minimum atomic E-state index is -3.64. The van der Waals surface area contributed by atoms with Crippen molar-refractivity contribution in [2.75, 3.05) is 22.7 Å². The van der Waals surface area contributed by atoms with E-state index in [1.165, 1.54) is 0 Å². The van der Waals surface area contributed by atoms with E-state index in [-0.39, 0.29) is 6.04 Å². The van der Waals surface area contributed by atoms with E-state index in [1.807, 2.05) is 66.7 Å². The lowest BCUT2D eigenvalue weighted by atomic mass is 10.0. The van der Waals surface area contributed by atoms with Crippen molar-refractivity contribution in [3.8, 4) is 11.5 Å². The Balaban J connectivity index is 1.45. The van der Waals surface area contributed by atoms with Gasteiger partial charge in [0.05, 0.1) is 11.4 Å². The second-order valence-corrected chi connectivity index (χ2v) is 9.21. The lowest BCUT2D eigenvalue weighted by Gasteiger charge is -2.42. The van der Waals surface area contributed by atoms with Gasteiger partial charge in [-0.25, -0.2) is 0 Å². The smallest absolute Gasteiger partial charge is 0.301 e. The third-order valence-corrected chi connectivity index (χ3v) is 7.06. The summed E-state index contributed by atoms with van der Waals surface area (Å²) in [5.41, 5.74) is 2.51. The second kappa shape index (κ2) is 7.66. The molecule has 2 aliphatic heterocycles. The zero-order valence-electron chi connectivity index (χ0n) is 16.4. The molecule has 0 spiro atoms. The molecule has 5 rings (SSSR count). The van der Waals surface area contributed by atoms with Crippen LogP contribution in [0.5, 0.6) is 11.5 Å². The Bertz CT molecular complexity index is 1110. The van der Waals surface area contributed by atoms with Gasteiger partial charge >= 0.3 is 10.2 Å². The van der Waals surface area contributed by atoms with Crippen molar-refractivity contribution in [2.24, 2.45) is 0 Å². The number of hydrogen-bond donors (Lipinski definition) is 1. The summed E-state index contributed by atoms with van der Waals surface area (Å²) < 4.78 is 36.4. The van der Waals surface area contributed by atoms with E-state index in [1.54, 1.807) is 16.4 Å². The summed E-state index contributed by atoms with van der Waals surface area (Å²) in [6, 6.07) is 24.9. The molecule has 0 amide bonds. The standard InChI is InChI=1S/C23H23N3O3S/c27-30(28,24-18-9-2-1-3-10-18)25-16-8-11-19(17-25)26-20-12-4-6-14-22(20)29-23-15-7-5-13-21(23)26/h1-7,9-10,12-15,19,24H,8,11,16-17H2/t19-/m0/s1. The topological polar surface area (TPSA) is 61.9 Å². The lowest BCUT2D eigenvalue weighted by molar-refractivity contribution is 0.313. The van der Waals surface area contributed by atoms with Gasteiger partial charge in [0, 0.05) is 24.8 Å². The van der Waals surface area contributed by atoms with Gasteiger partial charge in [-0.2, -0.15) is 12.7 Å². The second-order valence-electron chi connectivity index (χ2n) is 7.53. The van der Waals surface area contributed by atoms with Gasteiger partial charge in [-0.1, -0.05) is 42.5 Å². The first-order chi connectivity index (χ1) is 14.6. The number of piperidine rings is 1. The van der Waals surface area contributed by atoms with E-state index in [9.17, 15) is 8.42 Å². The molecule has 1 N–H and O–H groups in total. The molecule has 1 fully saturated rings. The SMILES string of the molecule is O=S(=O)(Nc1ccccc1)N1CCC[C@H](N2c3ccccc3Oc3ccccc32)C1. The predicted octanol–water partition coefficient (Wildman–Crippen LogP) is 4.75. The molecule has 0 radical (unpaired) electrons. The van der Waals surface area contributed by atoms with Crippen LogP contribution in [0.1, 0.15) is 12.8 Å². The van der Waals surface area contributed by atoms with Gasteiger partial charge in [0.15, 0.2) is 11.5 Å². The number of rotatable bonds is 4. The molecule has 0 aromatic heterocycles. The minimum absolute atomic E-state index is 0.0114. The Labute approximate surface area is 176 Å². The zero-order chi connectivity index (χ0) is 20.6. The monoisotopic (exact) mass is 421 g/mol. The van der Waals surface area contributed by atoms with Gasteiger partial charge in [-0.15, -0.1) is 0 Å². The Kier molecular flexibility index (Phi) is 4.84. The molecule has 3 aromatic rings. The quantitative estimate of drug-likeness (QED) is 0.660. The summed E-state index contributed by atoms with van der Waals surface area (Å²) in [6.45, 7) is 0.914. The molecule has 154 valence electrons. The molecule has 1 atom stereocenters. The summed E-state index contributed by atoms with van der Waals surface area (Å²) in [5.74, 6) is 1.58. The minimum Gasteiger partial charge on any atom is -0.453 e. The molecular weight excluding hydrogens is 398 g/mol. The normalized spacial score (nSPS) is 18.8. The summed E-state index contributed by atoms with van der Waals surface area (Å²) >= 11 is 0. The van der Waals surface area contributed by atoms with E-state index < -0.39 is 10.2 Å². The fourth-order valence-electron chi connectivity index (χ4n) is 4.20. The van der Waals surface area contributed by atoms with Crippen LogP contribution in [0.4, 0.5) is 17.1 Å². The highest BCUT2D eigenvalue weighted by Crippen LogP contribution is 2.48. The molecule has 0 bridgehead atoms.